The van der Waals surface area contributed by atoms with Crippen molar-refractivity contribution in [3.63, 3.8) is 0 Å². The lowest BCUT2D eigenvalue weighted by atomic mass is 10.0. The first-order valence-electron chi connectivity index (χ1n) is 22.8. The van der Waals surface area contributed by atoms with Gasteiger partial charge in [0.15, 0.2) is 11.0 Å². The van der Waals surface area contributed by atoms with E-state index in [1.54, 1.807) is 28.1 Å². The lowest BCUT2D eigenvalue weighted by Gasteiger charge is -2.20. The lowest BCUT2D eigenvalue weighted by molar-refractivity contribution is 0.0523. The Balaban J connectivity index is 1.19. The maximum atomic E-state index is 13.9. The third-order valence-corrected chi connectivity index (χ3v) is 13.6. The first-order valence-corrected chi connectivity index (χ1v) is 24.5. The molecule has 0 aliphatic carbocycles. The number of hydrogen-bond acceptors (Lipinski definition) is 6. The van der Waals surface area contributed by atoms with Crippen LogP contribution in [0.25, 0.3) is 0 Å². The van der Waals surface area contributed by atoms with Crippen LogP contribution in [0.4, 0.5) is 16.2 Å². The van der Waals surface area contributed by atoms with E-state index in [0.29, 0.717) is 11.0 Å². The normalized spacial score (nSPS) is 13.0. The number of carbonyl (C=O) groups is 1. The zero-order chi connectivity index (χ0) is 39.6. The van der Waals surface area contributed by atoms with Crippen molar-refractivity contribution in [3.8, 4) is 0 Å². The van der Waals surface area contributed by atoms with Gasteiger partial charge in [-0.25, -0.2) is 19.3 Å². The van der Waals surface area contributed by atoms with E-state index >= 15 is 0 Å². The summed E-state index contributed by atoms with van der Waals surface area (Å²) in [6.07, 6.45) is 34.3. The van der Waals surface area contributed by atoms with Gasteiger partial charge in [-0.3, -0.25) is 0 Å². The van der Waals surface area contributed by atoms with Gasteiger partial charge >= 0.3 is 6.09 Å². The summed E-state index contributed by atoms with van der Waals surface area (Å²) < 4.78 is 7.61. The van der Waals surface area contributed by atoms with Crippen LogP contribution >= 0.6 is 23.5 Å². The van der Waals surface area contributed by atoms with Gasteiger partial charge in [0.05, 0.1) is 21.2 Å². The highest BCUT2D eigenvalue weighted by Gasteiger charge is 2.31. The van der Waals surface area contributed by atoms with Crippen molar-refractivity contribution in [2.75, 3.05) is 0 Å². The topological polar surface area (TPSA) is 56.0 Å². The second-order valence-corrected chi connectivity index (χ2v) is 19.5. The average molecular weight is 800 g/mol. The largest absolute Gasteiger partial charge is 0.443 e. The van der Waals surface area contributed by atoms with E-state index in [9.17, 15) is 4.79 Å². The molecular weight excluding hydrogens is 727 g/mol. The molecule has 0 saturated heterocycles. The summed E-state index contributed by atoms with van der Waals surface area (Å²) >= 11 is 3.42. The molecule has 0 fully saturated rings. The lowest BCUT2D eigenvalue weighted by Crippen LogP contribution is -2.39. The number of carbonyl (C=O) groups excluding carboxylic acids is 1. The number of ether oxygens (including phenoxy) is 1. The minimum atomic E-state index is -0.636. The predicted octanol–water partition coefficient (Wildman–Crippen LogP) is 15.6. The van der Waals surface area contributed by atoms with Crippen LogP contribution in [0.15, 0.2) is 66.0 Å². The Morgan fingerprint density at radius 3 is 1.21 bits per heavy atom. The quantitative estimate of drug-likeness (QED) is 0.0523. The minimum absolute atomic E-state index is 0.420. The predicted molar refractivity (Wildman–Crippen MR) is 238 cm³/mol. The number of hydrogen-bond donors (Lipinski definition) is 0. The second kappa shape index (κ2) is 23.8. The molecule has 0 spiro atoms. The minimum Gasteiger partial charge on any atom is -0.443 e. The molecule has 0 saturated carbocycles. The van der Waals surface area contributed by atoms with Crippen LogP contribution in [-0.2, 0) is 17.6 Å². The van der Waals surface area contributed by atoms with Crippen molar-refractivity contribution in [1.29, 1.82) is 0 Å². The SMILES string of the molecule is CCCCCCCCCCCCCCc1ccc2c(c1)N=c1c(c3c(n1C(=O)OC(C)(C)C)=Nc1cc(CCCCCCCCCCCCCC)ccc1S3)S2. The Labute approximate surface area is 348 Å². The van der Waals surface area contributed by atoms with Crippen LogP contribution in [0, 0.1) is 0 Å². The number of fused-ring (bicyclic) bond motifs is 5. The highest BCUT2D eigenvalue weighted by Crippen LogP contribution is 2.45. The highest BCUT2D eigenvalue weighted by atomic mass is 32.2. The first kappa shape index (κ1) is 44.6. The fourth-order valence-corrected chi connectivity index (χ4v) is 10.1. The molecule has 3 aromatic rings. The van der Waals surface area contributed by atoms with Crippen molar-refractivity contribution in [2.45, 2.75) is 227 Å². The summed E-state index contributed by atoms with van der Waals surface area (Å²) in [6.45, 7) is 10.3. The molecule has 2 aliphatic heterocycles. The summed E-state index contributed by atoms with van der Waals surface area (Å²) in [5.41, 5.74) is 5.15. The van der Waals surface area contributed by atoms with Crippen LogP contribution in [0.2, 0.25) is 0 Å². The average Bonchev–Trinajstić information content (AvgIpc) is 3.48. The Morgan fingerprint density at radius 2 is 0.875 bits per heavy atom. The third kappa shape index (κ3) is 14.1. The molecule has 3 heterocycles. The standard InChI is InChI=1S/C49H73N3O2S2/c1-6-8-10-12-14-16-18-20-22-24-26-28-30-38-32-34-42-40(36-38)50-46-44(55-42)45-47(52(46)48(53)54-49(3,4)5)51-41-37-39(33-35-43(41)56-45)31-29-27-25-23-21-19-17-15-13-11-9-7-2/h32-37H,6-31H2,1-5H3. The van der Waals surface area contributed by atoms with Gasteiger partial charge in [0.25, 0.3) is 0 Å². The number of aromatic nitrogens is 1. The van der Waals surface area contributed by atoms with Gasteiger partial charge < -0.3 is 4.74 Å². The Kier molecular flexibility index (Phi) is 18.9. The Hall–Kier alpha value is -2.51. The van der Waals surface area contributed by atoms with E-state index in [4.69, 9.17) is 14.7 Å². The second-order valence-electron chi connectivity index (χ2n) is 17.4. The van der Waals surface area contributed by atoms with Crippen LogP contribution < -0.4 is 11.0 Å². The number of nitrogens with zero attached hydrogens (tertiary/aromatic N) is 3. The van der Waals surface area contributed by atoms with Gasteiger partial charge in [0, 0.05) is 9.79 Å². The molecule has 0 bridgehead atoms. The number of rotatable bonds is 26. The van der Waals surface area contributed by atoms with Crippen LogP contribution in [0.5, 0.6) is 0 Å². The highest BCUT2D eigenvalue weighted by molar-refractivity contribution is 8.02. The first-order chi connectivity index (χ1) is 27.3. The molecule has 2 aliphatic rings. The van der Waals surface area contributed by atoms with E-state index in [2.05, 4.69) is 50.2 Å². The van der Waals surface area contributed by atoms with Gasteiger partial charge in [-0.2, -0.15) is 0 Å². The number of unbranched alkanes of at least 4 members (excludes halogenated alkanes) is 22. The summed E-state index contributed by atoms with van der Waals surface area (Å²) in [4.78, 5) is 28.5. The number of aryl methyl sites for hydroxylation is 2. The zero-order valence-corrected chi connectivity index (χ0v) is 37.5. The molecule has 7 heteroatoms. The monoisotopic (exact) mass is 800 g/mol. The summed E-state index contributed by atoms with van der Waals surface area (Å²) in [5.74, 6) is 0. The molecule has 308 valence electrons. The molecule has 2 aromatic carbocycles. The molecule has 0 radical (unpaired) electrons. The van der Waals surface area contributed by atoms with E-state index in [1.807, 2.05) is 20.8 Å². The smallest absolute Gasteiger partial charge is 0.422 e. The van der Waals surface area contributed by atoms with E-state index in [0.717, 1.165) is 43.8 Å². The molecule has 0 unspecified atom stereocenters. The fourth-order valence-electron chi connectivity index (χ4n) is 7.95. The molecular formula is C49H73N3O2S2. The van der Waals surface area contributed by atoms with Crippen molar-refractivity contribution in [2.24, 2.45) is 9.98 Å². The Bertz CT molecular complexity index is 1670. The van der Waals surface area contributed by atoms with Crippen molar-refractivity contribution in [1.82, 2.24) is 4.57 Å². The van der Waals surface area contributed by atoms with Crippen molar-refractivity contribution >= 4 is 41.0 Å². The van der Waals surface area contributed by atoms with Crippen LogP contribution in [0.1, 0.15) is 200 Å². The molecule has 5 rings (SSSR count). The molecule has 0 N–H and O–H groups in total. The number of benzene rings is 2. The maximum Gasteiger partial charge on any atom is 0.422 e. The van der Waals surface area contributed by atoms with Crippen LogP contribution in [0.3, 0.4) is 0 Å². The van der Waals surface area contributed by atoms with Gasteiger partial charge in [0.2, 0.25) is 0 Å². The van der Waals surface area contributed by atoms with Gasteiger partial charge in [-0.15, -0.1) is 0 Å². The van der Waals surface area contributed by atoms with Crippen LogP contribution in [-0.4, -0.2) is 16.3 Å². The molecule has 0 atom stereocenters. The van der Waals surface area contributed by atoms with E-state index in [-0.39, 0.29) is 0 Å². The van der Waals surface area contributed by atoms with E-state index < -0.39 is 11.7 Å². The van der Waals surface area contributed by atoms with Gasteiger partial charge in [-0.1, -0.05) is 191 Å². The summed E-state index contributed by atoms with van der Waals surface area (Å²) in [6, 6.07) is 13.5. The van der Waals surface area contributed by atoms with E-state index in [1.165, 1.54) is 165 Å². The summed E-state index contributed by atoms with van der Waals surface area (Å²) in [5, 5.41) is 0. The third-order valence-electron chi connectivity index (χ3n) is 11.2. The van der Waals surface area contributed by atoms with Crippen molar-refractivity contribution < 1.29 is 9.53 Å². The summed E-state index contributed by atoms with van der Waals surface area (Å²) in [7, 11) is 0. The van der Waals surface area contributed by atoms with Gasteiger partial charge in [0.1, 0.15) is 5.60 Å². The fraction of sp³-hybridized carbons (Fsp3) is 0.653. The Morgan fingerprint density at radius 1 is 0.536 bits per heavy atom. The molecule has 5 nitrogen and oxygen atoms in total. The van der Waals surface area contributed by atoms with Gasteiger partial charge in [-0.05, 0) is 81.8 Å². The maximum absolute atomic E-state index is 13.9. The molecule has 0 amide bonds. The molecule has 56 heavy (non-hydrogen) atoms. The van der Waals surface area contributed by atoms with Crippen molar-refractivity contribution in [3.05, 3.63) is 58.5 Å². The zero-order valence-electron chi connectivity index (χ0n) is 35.8. The molecule has 1 aromatic heterocycles.